The highest BCUT2D eigenvalue weighted by molar-refractivity contribution is 7.98. The van der Waals surface area contributed by atoms with Crippen LogP contribution in [0, 0.1) is 0 Å². The summed E-state index contributed by atoms with van der Waals surface area (Å²) in [7, 11) is 0. The summed E-state index contributed by atoms with van der Waals surface area (Å²) in [4.78, 5) is 13.6. The Kier molecular flexibility index (Phi) is 5.42. The number of likely N-dealkylation sites (tertiary alicyclic amines) is 1. The summed E-state index contributed by atoms with van der Waals surface area (Å²) in [6.45, 7) is 0.804. The molecule has 1 unspecified atom stereocenters. The zero-order valence-corrected chi connectivity index (χ0v) is 10.0. The van der Waals surface area contributed by atoms with Crippen molar-refractivity contribution in [2.24, 2.45) is 5.73 Å². The molecule has 0 aromatic rings. The first-order valence-electron chi connectivity index (χ1n) is 5.36. The van der Waals surface area contributed by atoms with Crippen LogP contribution in [0.3, 0.4) is 0 Å². The van der Waals surface area contributed by atoms with Gasteiger partial charge in [-0.1, -0.05) is 0 Å². The average molecular weight is 232 g/mol. The summed E-state index contributed by atoms with van der Waals surface area (Å²) in [5.74, 6) is 0.908. The molecule has 0 spiro atoms. The van der Waals surface area contributed by atoms with Crippen LogP contribution in [0.4, 0.5) is 0 Å². The van der Waals surface area contributed by atoms with Crippen molar-refractivity contribution in [2.75, 3.05) is 25.2 Å². The van der Waals surface area contributed by atoms with E-state index in [1.165, 1.54) is 0 Å². The van der Waals surface area contributed by atoms with E-state index in [1.807, 2.05) is 6.26 Å². The van der Waals surface area contributed by atoms with Crippen molar-refractivity contribution in [3.8, 4) is 0 Å². The monoisotopic (exact) mass is 232 g/mol. The topological polar surface area (TPSA) is 66.6 Å². The highest BCUT2D eigenvalue weighted by Gasteiger charge is 2.30. The van der Waals surface area contributed by atoms with E-state index in [0.29, 0.717) is 6.42 Å². The number of aliphatic hydroxyl groups is 1. The first-order valence-corrected chi connectivity index (χ1v) is 6.76. The summed E-state index contributed by atoms with van der Waals surface area (Å²) in [5.41, 5.74) is 5.81. The predicted molar refractivity (Wildman–Crippen MR) is 62.8 cm³/mol. The number of hydrogen-bond acceptors (Lipinski definition) is 4. The van der Waals surface area contributed by atoms with E-state index >= 15 is 0 Å². The van der Waals surface area contributed by atoms with Crippen LogP contribution >= 0.6 is 11.8 Å². The molecule has 1 saturated heterocycles. The lowest BCUT2D eigenvalue weighted by atomic mass is 10.2. The van der Waals surface area contributed by atoms with Crippen LogP contribution in [-0.2, 0) is 4.79 Å². The van der Waals surface area contributed by atoms with Gasteiger partial charge in [0.25, 0.3) is 0 Å². The second kappa shape index (κ2) is 6.35. The van der Waals surface area contributed by atoms with Crippen molar-refractivity contribution in [1.29, 1.82) is 0 Å². The van der Waals surface area contributed by atoms with Gasteiger partial charge in [-0.15, -0.1) is 0 Å². The Labute approximate surface area is 95.2 Å². The van der Waals surface area contributed by atoms with Crippen molar-refractivity contribution in [3.05, 3.63) is 0 Å². The molecule has 0 saturated carbocycles. The van der Waals surface area contributed by atoms with Crippen LogP contribution in [0.2, 0.25) is 0 Å². The number of carbonyl (C=O) groups is 1. The molecule has 4 nitrogen and oxygen atoms in total. The van der Waals surface area contributed by atoms with E-state index in [-0.39, 0.29) is 18.6 Å². The molecule has 1 amide bonds. The standard InChI is InChI=1S/C10H20N2O2S/c1-15-6-4-9(11)10(14)12-5-2-3-8(12)7-13/h8-9,13H,2-7,11H2,1H3/t8?,9-/m1/s1. The number of nitrogens with two attached hydrogens (primary N) is 1. The molecular weight excluding hydrogens is 212 g/mol. The summed E-state index contributed by atoms with van der Waals surface area (Å²) >= 11 is 1.70. The van der Waals surface area contributed by atoms with Gasteiger partial charge >= 0.3 is 0 Å². The molecule has 1 aliphatic rings. The highest BCUT2D eigenvalue weighted by atomic mass is 32.2. The smallest absolute Gasteiger partial charge is 0.239 e. The Morgan fingerprint density at radius 1 is 1.73 bits per heavy atom. The summed E-state index contributed by atoms with van der Waals surface area (Å²) in [5, 5.41) is 9.10. The van der Waals surface area contributed by atoms with Gasteiger partial charge in [0.1, 0.15) is 0 Å². The number of nitrogens with zero attached hydrogens (tertiary/aromatic N) is 1. The molecule has 0 aromatic carbocycles. The molecule has 1 aliphatic heterocycles. The number of aliphatic hydroxyl groups excluding tert-OH is 1. The third-order valence-corrected chi connectivity index (χ3v) is 3.47. The minimum Gasteiger partial charge on any atom is -0.394 e. The van der Waals surface area contributed by atoms with Crippen molar-refractivity contribution in [3.63, 3.8) is 0 Å². The largest absolute Gasteiger partial charge is 0.394 e. The number of rotatable bonds is 5. The molecule has 1 heterocycles. The quantitative estimate of drug-likeness (QED) is 0.703. The van der Waals surface area contributed by atoms with E-state index in [4.69, 9.17) is 10.8 Å². The van der Waals surface area contributed by atoms with Crippen molar-refractivity contribution in [1.82, 2.24) is 4.90 Å². The van der Waals surface area contributed by atoms with E-state index in [9.17, 15) is 4.79 Å². The second-order valence-electron chi connectivity index (χ2n) is 3.90. The lowest BCUT2D eigenvalue weighted by Gasteiger charge is -2.26. The Morgan fingerprint density at radius 2 is 2.47 bits per heavy atom. The summed E-state index contributed by atoms with van der Waals surface area (Å²) in [6.07, 6.45) is 4.60. The maximum absolute atomic E-state index is 11.9. The molecule has 5 heteroatoms. The molecular formula is C10H20N2O2S. The fraction of sp³-hybridized carbons (Fsp3) is 0.900. The summed E-state index contributed by atoms with van der Waals surface area (Å²) < 4.78 is 0. The Morgan fingerprint density at radius 3 is 3.07 bits per heavy atom. The van der Waals surface area contributed by atoms with Gasteiger partial charge in [-0.2, -0.15) is 11.8 Å². The van der Waals surface area contributed by atoms with E-state index in [0.717, 1.165) is 25.1 Å². The first kappa shape index (κ1) is 12.8. The molecule has 0 aromatic heterocycles. The molecule has 1 rings (SSSR count). The molecule has 1 fully saturated rings. The minimum absolute atomic E-state index is 0.000556. The van der Waals surface area contributed by atoms with Gasteiger partial charge in [0, 0.05) is 6.54 Å². The Hall–Kier alpha value is -0.260. The average Bonchev–Trinajstić information content (AvgIpc) is 2.72. The Balaban J connectivity index is 2.44. The second-order valence-corrected chi connectivity index (χ2v) is 4.88. The predicted octanol–water partition coefficient (Wildman–Crippen LogP) is 0.0501. The van der Waals surface area contributed by atoms with E-state index < -0.39 is 6.04 Å². The fourth-order valence-electron chi connectivity index (χ4n) is 1.90. The molecule has 15 heavy (non-hydrogen) atoms. The van der Waals surface area contributed by atoms with Crippen LogP contribution in [-0.4, -0.2) is 53.2 Å². The number of carbonyl (C=O) groups excluding carboxylic acids is 1. The third kappa shape index (κ3) is 3.36. The first-order chi connectivity index (χ1) is 7.20. The van der Waals surface area contributed by atoms with Gasteiger partial charge in [0.2, 0.25) is 5.91 Å². The van der Waals surface area contributed by atoms with Gasteiger partial charge in [-0.25, -0.2) is 0 Å². The minimum atomic E-state index is -0.399. The van der Waals surface area contributed by atoms with Gasteiger partial charge in [0.05, 0.1) is 18.7 Å². The van der Waals surface area contributed by atoms with E-state index in [1.54, 1.807) is 16.7 Å². The number of thioether (sulfide) groups is 1. The highest BCUT2D eigenvalue weighted by Crippen LogP contribution is 2.18. The molecule has 88 valence electrons. The fourth-order valence-corrected chi connectivity index (χ4v) is 2.39. The lowest BCUT2D eigenvalue weighted by Crippen LogP contribution is -2.47. The Bertz CT molecular complexity index is 214. The number of amides is 1. The van der Waals surface area contributed by atoms with Gasteiger partial charge < -0.3 is 15.7 Å². The third-order valence-electron chi connectivity index (χ3n) is 2.82. The SMILES string of the molecule is CSCC[C@@H](N)C(=O)N1CCCC1CO. The maximum atomic E-state index is 11.9. The summed E-state index contributed by atoms with van der Waals surface area (Å²) in [6, 6.07) is -0.401. The van der Waals surface area contributed by atoms with Crippen LogP contribution in [0.15, 0.2) is 0 Å². The molecule has 0 radical (unpaired) electrons. The molecule has 2 atom stereocenters. The van der Waals surface area contributed by atoms with Crippen LogP contribution in [0.25, 0.3) is 0 Å². The van der Waals surface area contributed by atoms with E-state index in [2.05, 4.69) is 0 Å². The van der Waals surface area contributed by atoms with Gasteiger partial charge in [0.15, 0.2) is 0 Å². The van der Waals surface area contributed by atoms with Gasteiger partial charge in [-0.3, -0.25) is 4.79 Å². The molecule has 0 aliphatic carbocycles. The molecule has 3 N–H and O–H groups in total. The van der Waals surface area contributed by atoms with Crippen LogP contribution in [0.1, 0.15) is 19.3 Å². The van der Waals surface area contributed by atoms with Gasteiger partial charge in [-0.05, 0) is 31.3 Å². The normalized spacial score (nSPS) is 23.1. The number of hydrogen-bond donors (Lipinski definition) is 2. The zero-order valence-electron chi connectivity index (χ0n) is 9.19. The maximum Gasteiger partial charge on any atom is 0.239 e. The lowest BCUT2D eigenvalue weighted by molar-refractivity contribution is -0.134. The molecule has 0 bridgehead atoms. The van der Waals surface area contributed by atoms with Crippen LogP contribution < -0.4 is 5.73 Å². The van der Waals surface area contributed by atoms with Crippen molar-refractivity contribution >= 4 is 17.7 Å². The van der Waals surface area contributed by atoms with Crippen molar-refractivity contribution < 1.29 is 9.90 Å². The zero-order chi connectivity index (χ0) is 11.3. The van der Waals surface area contributed by atoms with Crippen molar-refractivity contribution in [2.45, 2.75) is 31.3 Å². The van der Waals surface area contributed by atoms with Crippen LogP contribution in [0.5, 0.6) is 0 Å².